The highest BCUT2D eigenvalue weighted by molar-refractivity contribution is 7.92. The van der Waals surface area contributed by atoms with Crippen LogP contribution < -0.4 is 14.8 Å². The van der Waals surface area contributed by atoms with Crippen LogP contribution in [-0.2, 0) is 14.8 Å². The number of ether oxygens (including phenoxy) is 1. The molecule has 1 fully saturated rings. The maximum atomic E-state index is 12.8. The van der Waals surface area contributed by atoms with Gasteiger partial charge in [-0.25, -0.2) is 18.1 Å². The molecular formula is C22H27ClN6O4S. The largest absolute Gasteiger partial charge is 0.494 e. The van der Waals surface area contributed by atoms with E-state index in [0.29, 0.717) is 46.2 Å². The molecule has 0 unspecified atom stereocenters. The Morgan fingerprint density at radius 2 is 2.00 bits per heavy atom. The first kappa shape index (κ1) is 24.2. The van der Waals surface area contributed by atoms with Crippen LogP contribution in [-0.4, -0.2) is 67.5 Å². The van der Waals surface area contributed by atoms with Crippen molar-refractivity contribution in [3.8, 4) is 11.4 Å². The van der Waals surface area contributed by atoms with Crippen molar-refractivity contribution in [3.05, 3.63) is 35.6 Å². The lowest BCUT2D eigenvalue weighted by Crippen LogP contribution is -2.32. The number of hydrogen-bond donors (Lipinski definition) is 2. The SMILES string of the molecule is COc1cc(NS(C)(=O)=O)ccc1-n1nc(NC(=O)CC2CCN(C)CC2)c2cnc(Cl)cc21. The predicted molar refractivity (Wildman–Crippen MR) is 132 cm³/mol. The standard InChI is InChI=1S/C22H27ClN6O4S/c1-28-8-6-14(7-9-28)10-21(30)25-22-16-13-24-20(23)12-18(16)29(26-22)17-5-4-15(11-19(17)33-2)27-34(3,31)32/h4-5,11-14,27H,6-10H2,1-3H3,(H,25,26,30). The highest BCUT2D eigenvalue weighted by atomic mass is 35.5. The highest BCUT2D eigenvalue weighted by Gasteiger charge is 2.22. The van der Waals surface area contributed by atoms with Gasteiger partial charge in [0.1, 0.15) is 16.6 Å². The molecule has 1 aliphatic rings. The minimum atomic E-state index is -3.45. The maximum absolute atomic E-state index is 12.8. The van der Waals surface area contributed by atoms with Crippen molar-refractivity contribution in [2.45, 2.75) is 19.3 Å². The van der Waals surface area contributed by atoms with Crippen LogP contribution in [0, 0.1) is 5.92 Å². The number of piperidine rings is 1. The predicted octanol–water partition coefficient (Wildman–Crippen LogP) is 3.12. The topological polar surface area (TPSA) is 118 Å². The van der Waals surface area contributed by atoms with E-state index in [1.54, 1.807) is 35.1 Å². The number of sulfonamides is 1. The second-order valence-electron chi connectivity index (χ2n) is 8.54. The lowest BCUT2D eigenvalue weighted by atomic mass is 9.93. The summed E-state index contributed by atoms with van der Waals surface area (Å²) < 4.78 is 32.7. The van der Waals surface area contributed by atoms with Crippen molar-refractivity contribution in [1.29, 1.82) is 0 Å². The quantitative estimate of drug-likeness (QED) is 0.472. The Morgan fingerprint density at radius 3 is 2.68 bits per heavy atom. The monoisotopic (exact) mass is 506 g/mol. The number of nitrogens with one attached hydrogen (secondary N) is 2. The van der Waals surface area contributed by atoms with Crippen LogP contribution in [0.15, 0.2) is 30.5 Å². The van der Waals surface area contributed by atoms with E-state index in [-0.39, 0.29) is 11.1 Å². The van der Waals surface area contributed by atoms with Crippen LogP contribution in [0.3, 0.4) is 0 Å². The summed E-state index contributed by atoms with van der Waals surface area (Å²) in [6, 6.07) is 6.49. The first-order valence-electron chi connectivity index (χ1n) is 10.8. The van der Waals surface area contributed by atoms with Gasteiger partial charge in [0.2, 0.25) is 15.9 Å². The number of carbonyl (C=O) groups is 1. The van der Waals surface area contributed by atoms with Crippen molar-refractivity contribution in [1.82, 2.24) is 19.7 Å². The molecule has 1 amide bonds. The third kappa shape index (κ3) is 5.60. The average molecular weight is 507 g/mol. The number of carbonyl (C=O) groups excluding carboxylic acids is 1. The number of amides is 1. The molecule has 2 N–H and O–H groups in total. The average Bonchev–Trinajstić information content (AvgIpc) is 3.11. The van der Waals surface area contributed by atoms with Crippen molar-refractivity contribution < 1.29 is 17.9 Å². The molecule has 4 rings (SSSR count). The molecular weight excluding hydrogens is 480 g/mol. The van der Waals surface area contributed by atoms with Crippen LogP contribution in [0.25, 0.3) is 16.6 Å². The normalized spacial score (nSPS) is 15.4. The van der Waals surface area contributed by atoms with Crippen LogP contribution in [0.4, 0.5) is 11.5 Å². The molecule has 1 aromatic carbocycles. The van der Waals surface area contributed by atoms with Gasteiger partial charge in [0.15, 0.2) is 5.82 Å². The fourth-order valence-electron chi connectivity index (χ4n) is 4.10. The molecule has 3 aromatic rings. The van der Waals surface area contributed by atoms with Crippen molar-refractivity contribution >= 4 is 49.9 Å². The molecule has 1 saturated heterocycles. The number of rotatable bonds is 7. The number of fused-ring (bicyclic) bond motifs is 1. The molecule has 0 bridgehead atoms. The summed E-state index contributed by atoms with van der Waals surface area (Å²) in [5.41, 5.74) is 1.52. The van der Waals surface area contributed by atoms with E-state index >= 15 is 0 Å². The number of likely N-dealkylation sites (tertiary alicyclic amines) is 1. The summed E-state index contributed by atoms with van der Waals surface area (Å²) in [7, 11) is 0.120. The Kier molecular flexibility index (Phi) is 6.96. The Bertz CT molecular complexity index is 1320. The van der Waals surface area contributed by atoms with E-state index in [9.17, 15) is 13.2 Å². The van der Waals surface area contributed by atoms with Crippen LogP contribution >= 0.6 is 11.6 Å². The van der Waals surface area contributed by atoms with E-state index in [2.05, 4.69) is 32.1 Å². The van der Waals surface area contributed by atoms with Gasteiger partial charge in [-0.2, -0.15) is 0 Å². The Morgan fingerprint density at radius 1 is 1.26 bits per heavy atom. The van der Waals surface area contributed by atoms with Gasteiger partial charge < -0.3 is 15.0 Å². The van der Waals surface area contributed by atoms with Gasteiger partial charge in [0.05, 0.1) is 30.0 Å². The van der Waals surface area contributed by atoms with Crippen LogP contribution in [0.1, 0.15) is 19.3 Å². The van der Waals surface area contributed by atoms with Gasteiger partial charge in [-0.05, 0) is 51.0 Å². The molecule has 1 aliphatic heterocycles. The zero-order valence-electron chi connectivity index (χ0n) is 19.2. The number of pyridine rings is 1. The molecule has 2 aromatic heterocycles. The van der Waals surface area contributed by atoms with Gasteiger partial charge in [-0.1, -0.05) is 11.6 Å². The van der Waals surface area contributed by atoms with Crippen molar-refractivity contribution in [3.63, 3.8) is 0 Å². The molecule has 12 heteroatoms. The summed E-state index contributed by atoms with van der Waals surface area (Å²) in [6.07, 6.45) is 5.05. The number of nitrogens with zero attached hydrogens (tertiary/aromatic N) is 4. The van der Waals surface area contributed by atoms with Crippen LogP contribution in [0.2, 0.25) is 5.15 Å². The summed E-state index contributed by atoms with van der Waals surface area (Å²) in [6.45, 7) is 1.98. The third-order valence-corrected chi connectivity index (χ3v) is 6.63. The van der Waals surface area contributed by atoms with Gasteiger partial charge in [0, 0.05) is 24.8 Å². The zero-order chi connectivity index (χ0) is 24.5. The lowest BCUT2D eigenvalue weighted by molar-refractivity contribution is -0.117. The highest BCUT2D eigenvalue weighted by Crippen LogP contribution is 2.33. The van der Waals surface area contributed by atoms with Gasteiger partial charge >= 0.3 is 0 Å². The molecule has 0 atom stereocenters. The minimum absolute atomic E-state index is 0.101. The van der Waals surface area contributed by atoms with Crippen LogP contribution in [0.5, 0.6) is 5.75 Å². The zero-order valence-corrected chi connectivity index (χ0v) is 20.8. The first-order valence-corrected chi connectivity index (χ1v) is 13.1. The van der Waals surface area contributed by atoms with Gasteiger partial charge in [0.25, 0.3) is 0 Å². The maximum Gasteiger partial charge on any atom is 0.229 e. The lowest BCUT2D eigenvalue weighted by Gasteiger charge is -2.28. The molecule has 0 radical (unpaired) electrons. The fourth-order valence-corrected chi connectivity index (χ4v) is 4.81. The second kappa shape index (κ2) is 9.77. The van der Waals surface area contributed by atoms with Gasteiger partial charge in [-0.15, -0.1) is 5.10 Å². The summed E-state index contributed by atoms with van der Waals surface area (Å²) in [5, 5.41) is 8.45. The summed E-state index contributed by atoms with van der Waals surface area (Å²) in [5.74, 6) is 0.996. The first-order chi connectivity index (χ1) is 16.1. The Balaban J connectivity index is 1.66. The molecule has 182 valence electrons. The molecule has 0 saturated carbocycles. The summed E-state index contributed by atoms with van der Waals surface area (Å²) >= 11 is 6.15. The number of halogens is 1. The van der Waals surface area contributed by atoms with Crippen molar-refractivity contribution in [2.75, 3.05) is 43.5 Å². The number of benzene rings is 1. The number of methoxy groups -OCH3 is 1. The Labute approximate surface area is 203 Å². The molecule has 3 heterocycles. The van der Waals surface area contributed by atoms with E-state index in [0.717, 1.165) is 32.2 Å². The smallest absolute Gasteiger partial charge is 0.229 e. The Hall–Kier alpha value is -2.89. The van der Waals surface area contributed by atoms with E-state index < -0.39 is 10.0 Å². The number of aromatic nitrogens is 3. The number of anilines is 2. The molecule has 10 nitrogen and oxygen atoms in total. The van der Waals surface area contributed by atoms with Gasteiger partial charge in [-0.3, -0.25) is 9.52 Å². The van der Waals surface area contributed by atoms with Crippen molar-refractivity contribution in [2.24, 2.45) is 5.92 Å². The molecule has 34 heavy (non-hydrogen) atoms. The minimum Gasteiger partial charge on any atom is -0.494 e. The molecule has 0 aliphatic carbocycles. The fraction of sp³-hybridized carbons (Fsp3) is 0.409. The second-order valence-corrected chi connectivity index (χ2v) is 10.7. The number of hydrogen-bond acceptors (Lipinski definition) is 7. The third-order valence-electron chi connectivity index (χ3n) is 5.81. The summed E-state index contributed by atoms with van der Waals surface area (Å²) in [4.78, 5) is 19.2. The van der Waals surface area contributed by atoms with E-state index in [1.807, 2.05) is 0 Å². The van der Waals surface area contributed by atoms with E-state index in [4.69, 9.17) is 16.3 Å². The molecule has 0 spiro atoms. The van der Waals surface area contributed by atoms with E-state index in [1.165, 1.54) is 7.11 Å².